The number of carbonyl (C=O) groups excluding carboxylic acids is 1. The number of nitrogens with one attached hydrogen (secondary N) is 1. The molecule has 1 heterocycles. The third-order valence-electron chi connectivity index (χ3n) is 4.42. The van der Waals surface area contributed by atoms with E-state index in [9.17, 15) is 4.79 Å². The van der Waals surface area contributed by atoms with Crippen LogP contribution in [0, 0.1) is 0 Å². The molecule has 4 nitrogen and oxygen atoms in total. The van der Waals surface area contributed by atoms with Crippen LogP contribution in [0.3, 0.4) is 0 Å². The Morgan fingerprint density at radius 3 is 2.72 bits per heavy atom. The first kappa shape index (κ1) is 17.8. The zero-order chi connectivity index (χ0) is 17.6. The lowest BCUT2D eigenvalue weighted by molar-refractivity contribution is -0.133. The van der Waals surface area contributed by atoms with Gasteiger partial charge in [-0.1, -0.05) is 41.9 Å². The Morgan fingerprint density at radius 1 is 1.24 bits per heavy atom. The first-order valence-electron chi connectivity index (χ1n) is 8.65. The van der Waals surface area contributed by atoms with Gasteiger partial charge < -0.3 is 15.0 Å². The highest BCUT2D eigenvalue weighted by atomic mass is 35.5. The van der Waals surface area contributed by atoms with Crippen LogP contribution in [-0.4, -0.2) is 37.0 Å². The van der Waals surface area contributed by atoms with Gasteiger partial charge >= 0.3 is 0 Å². The molecule has 1 aliphatic heterocycles. The van der Waals surface area contributed by atoms with Gasteiger partial charge in [-0.05, 0) is 36.2 Å². The highest BCUT2D eigenvalue weighted by Gasteiger charge is 2.28. The summed E-state index contributed by atoms with van der Waals surface area (Å²) in [7, 11) is 0. The largest absolute Gasteiger partial charge is 0.494 e. The minimum atomic E-state index is -0.0300. The molecule has 3 rings (SSSR count). The maximum Gasteiger partial charge on any atom is 0.227 e. The maximum atomic E-state index is 12.9. The van der Waals surface area contributed by atoms with Crippen LogP contribution in [0.1, 0.15) is 24.1 Å². The van der Waals surface area contributed by atoms with E-state index in [0.29, 0.717) is 24.6 Å². The van der Waals surface area contributed by atoms with E-state index < -0.39 is 0 Å². The lowest BCUT2D eigenvalue weighted by atomic mass is 10.0. The fourth-order valence-corrected chi connectivity index (χ4v) is 3.43. The van der Waals surface area contributed by atoms with Crippen molar-refractivity contribution in [3.63, 3.8) is 0 Å². The van der Waals surface area contributed by atoms with Crippen molar-refractivity contribution < 1.29 is 9.53 Å². The number of amides is 1. The Bertz CT molecular complexity index is 718. The minimum absolute atomic E-state index is 0.0300. The lowest BCUT2D eigenvalue weighted by Gasteiger charge is -2.37. The van der Waals surface area contributed by atoms with Gasteiger partial charge in [0.25, 0.3) is 0 Å². The normalized spacial score (nSPS) is 17.4. The summed E-state index contributed by atoms with van der Waals surface area (Å²) in [6.45, 7) is 4.80. The van der Waals surface area contributed by atoms with Gasteiger partial charge in [0, 0.05) is 24.7 Å². The fraction of sp³-hybridized carbons (Fsp3) is 0.350. The molecule has 0 aromatic heterocycles. The molecule has 0 aliphatic carbocycles. The van der Waals surface area contributed by atoms with Crippen molar-refractivity contribution in [2.24, 2.45) is 0 Å². The molecule has 0 spiro atoms. The second-order valence-corrected chi connectivity index (χ2v) is 6.49. The summed E-state index contributed by atoms with van der Waals surface area (Å²) in [4.78, 5) is 14.8. The summed E-state index contributed by atoms with van der Waals surface area (Å²) in [5.41, 5.74) is 1.99. The highest BCUT2D eigenvalue weighted by Crippen LogP contribution is 2.29. The van der Waals surface area contributed by atoms with Crippen LogP contribution >= 0.6 is 11.6 Å². The number of carbonyl (C=O) groups is 1. The van der Waals surface area contributed by atoms with Gasteiger partial charge in [0.15, 0.2) is 0 Å². The Kier molecular flexibility index (Phi) is 5.95. The average Bonchev–Trinajstić information content (AvgIpc) is 2.64. The van der Waals surface area contributed by atoms with Gasteiger partial charge in [0.05, 0.1) is 19.1 Å². The van der Waals surface area contributed by atoms with Gasteiger partial charge in [-0.15, -0.1) is 0 Å². The number of hydrogen-bond acceptors (Lipinski definition) is 3. The maximum absolute atomic E-state index is 12.9. The molecule has 1 N–H and O–H groups in total. The van der Waals surface area contributed by atoms with Gasteiger partial charge in [-0.3, -0.25) is 4.79 Å². The van der Waals surface area contributed by atoms with Crippen molar-refractivity contribution in [2.75, 3.05) is 26.2 Å². The van der Waals surface area contributed by atoms with Crippen molar-refractivity contribution in [3.05, 3.63) is 64.7 Å². The number of benzene rings is 2. The molecule has 5 heteroatoms. The summed E-state index contributed by atoms with van der Waals surface area (Å²) in [6, 6.07) is 15.4. The van der Waals surface area contributed by atoms with Crippen molar-refractivity contribution in [2.45, 2.75) is 19.4 Å². The van der Waals surface area contributed by atoms with E-state index in [4.69, 9.17) is 16.3 Å². The summed E-state index contributed by atoms with van der Waals surface area (Å²) in [6.07, 6.45) is 0.382. The van der Waals surface area contributed by atoms with E-state index in [1.54, 1.807) is 0 Å². The number of halogens is 1. The number of piperazine rings is 1. The van der Waals surface area contributed by atoms with Crippen LogP contribution in [-0.2, 0) is 11.2 Å². The molecule has 1 unspecified atom stereocenters. The van der Waals surface area contributed by atoms with Crippen molar-refractivity contribution in [3.8, 4) is 5.75 Å². The molecule has 1 aliphatic rings. The molecule has 25 heavy (non-hydrogen) atoms. The quantitative estimate of drug-likeness (QED) is 0.890. The Labute approximate surface area is 153 Å². The topological polar surface area (TPSA) is 41.6 Å². The van der Waals surface area contributed by atoms with E-state index in [2.05, 4.69) is 5.32 Å². The monoisotopic (exact) mass is 358 g/mol. The molecule has 132 valence electrons. The highest BCUT2D eigenvalue weighted by molar-refractivity contribution is 6.31. The van der Waals surface area contributed by atoms with Gasteiger partial charge in [-0.25, -0.2) is 0 Å². The molecule has 2 aromatic carbocycles. The second kappa shape index (κ2) is 8.37. The van der Waals surface area contributed by atoms with Gasteiger partial charge in [-0.2, -0.15) is 0 Å². The Hall–Kier alpha value is -2.04. The summed E-state index contributed by atoms with van der Waals surface area (Å²) < 4.78 is 5.45. The molecule has 0 bridgehead atoms. The van der Waals surface area contributed by atoms with E-state index in [0.717, 1.165) is 30.0 Å². The van der Waals surface area contributed by atoms with E-state index >= 15 is 0 Å². The summed E-state index contributed by atoms with van der Waals surface area (Å²) in [5.74, 6) is 0.949. The minimum Gasteiger partial charge on any atom is -0.494 e. The van der Waals surface area contributed by atoms with Crippen LogP contribution in [0.15, 0.2) is 48.5 Å². The molecule has 1 amide bonds. The van der Waals surface area contributed by atoms with Crippen molar-refractivity contribution in [1.29, 1.82) is 0 Å². The third-order valence-corrected chi connectivity index (χ3v) is 4.76. The zero-order valence-electron chi connectivity index (χ0n) is 14.4. The predicted octanol–water partition coefficient (Wildman–Crippen LogP) is 3.45. The SMILES string of the molecule is CCOc1ccc(CC(=O)N2CCNCC2c2ccccc2Cl)cc1. The number of rotatable bonds is 5. The molecular weight excluding hydrogens is 336 g/mol. The van der Waals surface area contributed by atoms with Crippen molar-refractivity contribution >= 4 is 17.5 Å². The van der Waals surface area contributed by atoms with Crippen LogP contribution in [0.25, 0.3) is 0 Å². The fourth-order valence-electron chi connectivity index (χ4n) is 3.17. The second-order valence-electron chi connectivity index (χ2n) is 6.08. The standard InChI is InChI=1S/C20H23ClN2O2/c1-2-25-16-9-7-15(8-10-16)13-20(24)23-12-11-22-14-19(23)17-5-3-4-6-18(17)21/h3-10,19,22H,2,11-14H2,1H3. The smallest absolute Gasteiger partial charge is 0.227 e. The van der Waals surface area contributed by atoms with Gasteiger partial charge in [0.1, 0.15) is 5.75 Å². The average molecular weight is 359 g/mol. The number of nitrogens with zero attached hydrogens (tertiary/aromatic N) is 1. The molecule has 1 atom stereocenters. The van der Waals surface area contributed by atoms with Crippen LogP contribution in [0.4, 0.5) is 0 Å². The first-order valence-corrected chi connectivity index (χ1v) is 9.03. The third kappa shape index (κ3) is 4.33. The first-order chi connectivity index (χ1) is 12.2. The molecule has 0 saturated carbocycles. The molecule has 0 radical (unpaired) electrons. The summed E-state index contributed by atoms with van der Waals surface area (Å²) >= 11 is 6.36. The Balaban J connectivity index is 1.73. The van der Waals surface area contributed by atoms with Crippen molar-refractivity contribution in [1.82, 2.24) is 10.2 Å². The number of ether oxygens (including phenoxy) is 1. The van der Waals surface area contributed by atoms with E-state index in [1.807, 2.05) is 60.4 Å². The van der Waals surface area contributed by atoms with E-state index in [1.165, 1.54) is 0 Å². The summed E-state index contributed by atoms with van der Waals surface area (Å²) in [5, 5.41) is 4.07. The van der Waals surface area contributed by atoms with E-state index in [-0.39, 0.29) is 11.9 Å². The van der Waals surface area contributed by atoms with Crippen LogP contribution < -0.4 is 10.1 Å². The zero-order valence-corrected chi connectivity index (χ0v) is 15.1. The lowest BCUT2D eigenvalue weighted by Crippen LogP contribution is -2.49. The predicted molar refractivity (Wildman–Crippen MR) is 100 cm³/mol. The van der Waals surface area contributed by atoms with Crippen LogP contribution in [0.5, 0.6) is 5.75 Å². The van der Waals surface area contributed by atoms with Crippen LogP contribution in [0.2, 0.25) is 5.02 Å². The molecule has 2 aromatic rings. The molecular formula is C20H23ClN2O2. The molecule has 1 saturated heterocycles. The van der Waals surface area contributed by atoms with Gasteiger partial charge in [0.2, 0.25) is 5.91 Å². The Morgan fingerprint density at radius 2 is 2.00 bits per heavy atom. The molecule has 1 fully saturated rings. The number of hydrogen-bond donors (Lipinski definition) is 1.